The molecule has 0 spiro atoms. The maximum atomic E-state index is 12.6. The second kappa shape index (κ2) is 12.1. The summed E-state index contributed by atoms with van der Waals surface area (Å²) in [7, 11) is -2.20. The van der Waals surface area contributed by atoms with Crippen LogP contribution < -0.4 is 0 Å². The molecule has 8 nitrogen and oxygen atoms in total. The SMILES string of the molecule is CCOC(=O)CC(=O)CC1(O)CCCC(CC(CC(=O)OC(C)(C)C)O[Si](C)(C)C(C)(C)C)O1. The maximum absolute atomic E-state index is 12.6. The standard InChI is InChI=1S/C25H46O8Si/c1-10-30-21(27)14-18(26)17-25(29)13-11-12-19(31-25)15-20(16-22(28)32-23(2,3)4)33-34(8,9)24(5,6)7/h19-20,29H,10-17H2,1-9H3. The van der Waals surface area contributed by atoms with E-state index in [0.717, 1.165) is 0 Å². The van der Waals surface area contributed by atoms with Crippen LogP contribution in [-0.4, -0.2) is 61.3 Å². The van der Waals surface area contributed by atoms with Crippen LogP contribution in [-0.2, 0) is 33.0 Å². The Kier molecular flexibility index (Phi) is 10.9. The number of esters is 2. The second-order valence-corrected chi connectivity index (χ2v) is 16.6. The van der Waals surface area contributed by atoms with E-state index in [2.05, 4.69) is 33.9 Å². The molecule has 0 aromatic rings. The van der Waals surface area contributed by atoms with Gasteiger partial charge in [-0.25, -0.2) is 0 Å². The molecule has 1 rings (SSSR count). The number of hydrogen-bond donors (Lipinski definition) is 1. The molecule has 1 aliphatic heterocycles. The summed E-state index contributed by atoms with van der Waals surface area (Å²) in [5.74, 6) is -3.01. The highest BCUT2D eigenvalue weighted by atomic mass is 28.4. The molecule has 0 bridgehead atoms. The molecule has 1 saturated heterocycles. The molecular formula is C25H46O8Si. The highest BCUT2D eigenvalue weighted by Crippen LogP contribution is 2.39. The van der Waals surface area contributed by atoms with Crippen molar-refractivity contribution in [1.82, 2.24) is 0 Å². The van der Waals surface area contributed by atoms with Gasteiger partial charge < -0.3 is 23.7 Å². The number of ketones is 1. The van der Waals surface area contributed by atoms with Crippen LogP contribution in [0.15, 0.2) is 0 Å². The molecule has 1 heterocycles. The molecule has 3 atom stereocenters. The van der Waals surface area contributed by atoms with Crippen LogP contribution in [0.3, 0.4) is 0 Å². The summed E-state index contributed by atoms with van der Waals surface area (Å²) in [6, 6.07) is 0. The first kappa shape index (κ1) is 30.7. The van der Waals surface area contributed by atoms with Crippen molar-refractivity contribution in [2.75, 3.05) is 6.61 Å². The molecule has 0 aromatic carbocycles. The van der Waals surface area contributed by atoms with Crippen molar-refractivity contribution in [1.29, 1.82) is 0 Å². The lowest BCUT2D eigenvalue weighted by molar-refractivity contribution is -0.257. The lowest BCUT2D eigenvalue weighted by Crippen LogP contribution is -2.47. The highest BCUT2D eigenvalue weighted by Gasteiger charge is 2.42. The molecule has 1 fully saturated rings. The molecule has 0 aromatic heterocycles. The van der Waals surface area contributed by atoms with Crippen molar-refractivity contribution in [2.45, 2.75) is 135 Å². The summed E-state index contributed by atoms with van der Waals surface area (Å²) in [6.45, 7) is 18.0. The Morgan fingerprint density at radius 3 is 2.26 bits per heavy atom. The fourth-order valence-corrected chi connectivity index (χ4v) is 5.07. The van der Waals surface area contributed by atoms with Crippen molar-refractivity contribution in [2.24, 2.45) is 0 Å². The van der Waals surface area contributed by atoms with Crippen molar-refractivity contribution < 1.29 is 38.1 Å². The maximum Gasteiger partial charge on any atom is 0.313 e. The van der Waals surface area contributed by atoms with Crippen molar-refractivity contribution >= 4 is 26.0 Å². The lowest BCUT2D eigenvalue weighted by atomic mass is 9.93. The Morgan fingerprint density at radius 1 is 1.12 bits per heavy atom. The normalized spacial score (nSPS) is 22.7. The van der Waals surface area contributed by atoms with Crippen LogP contribution >= 0.6 is 0 Å². The number of aliphatic hydroxyl groups is 1. The summed E-state index contributed by atoms with van der Waals surface area (Å²) in [6.07, 6.45) is 0.654. The van der Waals surface area contributed by atoms with E-state index in [1.807, 2.05) is 20.8 Å². The molecule has 0 aliphatic carbocycles. The summed E-state index contributed by atoms with van der Waals surface area (Å²) in [4.78, 5) is 36.5. The van der Waals surface area contributed by atoms with E-state index in [-0.39, 0.29) is 43.0 Å². The number of ether oxygens (including phenoxy) is 3. The van der Waals surface area contributed by atoms with Crippen molar-refractivity contribution in [3.63, 3.8) is 0 Å². The average molecular weight is 503 g/mol. The minimum atomic E-state index is -2.20. The Labute approximate surface area is 206 Å². The molecule has 0 radical (unpaired) electrons. The zero-order valence-electron chi connectivity index (χ0n) is 22.6. The van der Waals surface area contributed by atoms with E-state index in [4.69, 9.17) is 18.6 Å². The van der Waals surface area contributed by atoms with Crippen molar-refractivity contribution in [3.8, 4) is 0 Å². The monoisotopic (exact) mass is 502 g/mol. The van der Waals surface area contributed by atoms with E-state index < -0.39 is 37.6 Å². The van der Waals surface area contributed by atoms with Crippen LogP contribution in [0.2, 0.25) is 18.1 Å². The van der Waals surface area contributed by atoms with E-state index in [0.29, 0.717) is 25.7 Å². The number of carbonyl (C=O) groups excluding carboxylic acids is 3. The molecule has 9 heteroatoms. The zero-order valence-corrected chi connectivity index (χ0v) is 23.6. The fraction of sp³-hybridized carbons (Fsp3) is 0.880. The Morgan fingerprint density at radius 2 is 1.74 bits per heavy atom. The summed E-state index contributed by atoms with van der Waals surface area (Å²) in [5, 5.41) is 10.9. The third-order valence-corrected chi connectivity index (χ3v) is 10.7. The molecule has 34 heavy (non-hydrogen) atoms. The quantitative estimate of drug-likeness (QED) is 0.247. The first-order valence-corrected chi connectivity index (χ1v) is 15.2. The van der Waals surface area contributed by atoms with Gasteiger partial charge in [0.2, 0.25) is 0 Å². The molecular weight excluding hydrogens is 456 g/mol. The highest BCUT2D eigenvalue weighted by molar-refractivity contribution is 6.74. The van der Waals surface area contributed by atoms with E-state index in [9.17, 15) is 19.5 Å². The van der Waals surface area contributed by atoms with Crippen LogP contribution in [0.5, 0.6) is 0 Å². The Hall–Kier alpha value is -1.29. The average Bonchev–Trinajstić information content (AvgIpc) is 2.57. The van der Waals surface area contributed by atoms with Crippen LogP contribution in [0.4, 0.5) is 0 Å². The molecule has 198 valence electrons. The van der Waals surface area contributed by atoms with Crippen LogP contribution in [0.25, 0.3) is 0 Å². The van der Waals surface area contributed by atoms with Gasteiger partial charge in [-0.05, 0) is 65.1 Å². The summed E-state index contributed by atoms with van der Waals surface area (Å²) < 4.78 is 22.9. The Balaban J connectivity index is 2.91. The van der Waals surface area contributed by atoms with Gasteiger partial charge in [0, 0.05) is 6.42 Å². The number of hydrogen-bond acceptors (Lipinski definition) is 8. The van der Waals surface area contributed by atoms with Gasteiger partial charge in [0.05, 0.1) is 31.7 Å². The number of carbonyl (C=O) groups is 3. The second-order valence-electron chi connectivity index (χ2n) is 11.8. The minimum absolute atomic E-state index is 0.0488. The van der Waals surface area contributed by atoms with Gasteiger partial charge in [0.25, 0.3) is 0 Å². The molecule has 0 saturated carbocycles. The van der Waals surface area contributed by atoms with E-state index in [1.165, 1.54) is 0 Å². The molecule has 1 N–H and O–H groups in total. The first-order valence-electron chi connectivity index (χ1n) is 12.3. The van der Waals surface area contributed by atoms with Gasteiger partial charge in [-0.3, -0.25) is 14.4 Å². The summed E-state index contributed by atoms with van der Waals surface area (Å²) >= 11 is 0. The van der Waals surface area contributed by atoms with Gasteiger partial charge >= 0.3 is 11.9 Å². The zero-order chi connectivity index (χ0) is 26.4. The third kappa shape index (κ3) is 11.0. The van der Waals surface area contributed by atoms with Gasteiger partial charge in [-0.15, -0.1) is 0 Å². The number of rotatable bonds is 11. The van der Waals surface area contributed by atoms with Gasteiger partial charge in [-0.1, -0.05) is 20.8 Å². The fourth-order valence-electron chi connectivity index (χ4n) is 3.70. The lowest BCUT2D eigenvalue weighted by Gasteiger charge is -2.42. The smallest absolute Gasteiger partial charge is 0.313 e. The van der Waals surface area contributed by atoms with E-state index >= 15 is 0 Å². The predicted molar refractivity (Wildman–Crippen MR) is 132 cm³/mol. The Bertz CT molecular complexity index is 707. The minimum Gasteiger partial charge on any atom is -0.466 e. The topological polar surface area (TPSA) is 108 Å². The summed E-state index contributed by atoms with van der Waals surface area (Å²) in [5.41, 5.74) is -0.598. The van der Waals surface area contributed by atoms with Gasteiger partial charge in [-0.2, -0.15) is 0 Å². The van der Waals surface area contributed by atoms with Crippen LogP contribution in [0.1, 0.15) is 93.4 Å². The number of Topliss-reactive ketones (excluding diaryl/α,β-unsaturated/α-hetero) is 1. The van der Waals surface area contributed by atoms with Crippen molar-refractivity contribution in [3.05, 3.63) is 0 Å². The van der Waals surface area contributed by atoms with E-state index in [1.54, 1.807) is 6.92 Å². The molecule has 1 aliphatic rings. The molecule has 0 amide bonds. The third-order valence-electron chi connectivity index (χ3n) is 6.21. The van der Waals surface area contributed by atoms with Crippen LogP contribution in [0, 0.1) is 0 Å². The first-order chi connectivity index (χ1) is 15.4. The largest absolute Gasteiger partial charge is 0.466 e. The predicted octanol–water partition coefficient (Wildman–Crippen LogP) is 4.67. The molecule has 3 unspecified atom stereocenters. The van der Waals surface area contributed by atoms with Gasteiger partial charge in [0.1, 0.15) is 17.8 Å². The van der Waals surface area contributed by atoms with Gasteiger partial charge in [0.15, 0.2) is 14.1 Å².